The predicted octanol–water partition coefficient (Wildman–Crippen LogP) is -0.0156. The van der Waals surface area contributed by atoms with Crippen LogP contribution in [-0.2, 0) is 0 Å². The minimum atomic E-state index is -0.196. The highest BCUT2D eigenvalue weighted by Crippen LogP contribution is 2.26. The Morgan fingerprint density at radius 3 is 2.41 bits per heavy atom. The molecule has 0 aromatic heterocycles. The molecule has 0 saturated carbocycles. The fourth-order valence-corrected chi connectivity index (χ4v) is 3.05. The second-order valence-electron chi connectivity index (χ2n) is 6.16. The second kappa shape index (κ2) is 5.65. The minimum absolute atomic E-state index is 0.196. The van der Waals surface area contributed by atoms with Gasteiger partial charge in [0.25, 0.3) is 0 Å². The van der Waals surface area contributed by atoms with Crippen LogP contribution in [0.15, 0.2) is 0 Å². The number of piperazine rings is 1. The first-order chi connectivity index (χ1) is 8.07. The van der Waals surface area contributed by atoms with Crippen molar-refractivity contribution in [3.8, 4) is 0 Å². The summed E-state index contributed by atoms with van der Waals surface area (Å²) in [6.07, 6.45) is 1.11. The van der Waals surface area contributed by atoms with E-state index in [4.69, 9.17) is 0 Å². The number of aliphatic hydroxyl groups is 1. The molecule has 2 rings (SSSR count). The Kier molecular flexibility index (Phi) is 4.42. The summed E-state index contributed by atoms with van der Waals surface area (Å²) < 4.78 is 0. The Labute approximate surface area is 105 Å². The number of rotatable bonds is 4. The van der Waals surface area contributed by atoms with Crippen molar-refractivity contribution in [3.63, 3.8) is 0 Å². The number of hydrogen-bond donors (Lipinski definition) is 2. The van der Waals surface area contributed by atoms with E-state index in [1.54, 1.807) is 0 Å². The van der Waals surface area contributed by atoms with Gasteiger partial charge < -0.3 is 15.3 Å². The highest BCUT2D eigenvalue weighted by atomic mass is 16.3. The SMILES string of the molecule is C[C@@H](O)CN1CCN(CC2(C)CCNC2)CC1. The number of hydrogen-bond acceptors (Lipinski definition) is 4. The summed E-state index contributed by atoms with van der Waals surface area (Å²) in [5, 5.41) is 12.8. The molecule has 0 radical (unpaired) electrons. The summed E-state index contributed by atoms with van der Waals surface area (Å²) in [6.45, 7) is 13.2. The molecule has 0 aromatic carbocycles. The first kappa shape index (κ1) is 13.3. The zero-order valence-corrected chi connectivity index (χ0v) is 11.3. The quantitative estimate of drug-likeness (QED) is 0.726. The van der Waals surface area contributed by atoms with Gasteiger partial charge in [-0.25, -0.2) is 0 Å². The fourth-order valence-electron chi connectivity index (χ4n) is 3.05. The Morgan fingerprint density at radius 2 is 1.88 bits per heavy atom. The van der Waals surface area contributed by atoms with Gasteiger partial charge in [-0.05, 0) is 25.3 Å². The van der Waals surface area contributed by atoms with Crippen molar-refractivity contribution in [1.29, 1.82) is 0 Å². The van der Waals surface area contributed by atoms with Crippen LogP contribution in [0.5, 0.6) is 0 Å². The average Bonchev–Trinajstić information content (AvgIpc) is 2.67. The van der Waals surface area contributed by atoms with Gasteiger partial charge in [-0.2, -0.15) is 0 Å². The standard InChI is InChI=1S/C13H27N3O/c1-12(17)9-15-5-7-16(8-6-15)11-13(2)3-4-14-10-13/h12,14,17H,3-11H2,1-2H3/t12-,13?/m1/s1. The summed E-state index contributed by atoms with van der Waals surface area (Å²) in [7, 11) is 0. The molecule has 1 unspecified atom stereocenters. The fraction of sp³-hybridized carbons (Fsp3) is 1.00. The third kappa shape index (κ3) is 3.91. The Balaban J connectivity index is 1.71. The lowest BCUT2D eigenvalue weighted by Gasteiger charge is -2.39. The van der Waals surface area contributed by atoms with Crippen molar-refractivity contribution >= 4 is 0 Å². The second-order valence-corrected chi connectivity index (χ2v) is 6.16. The van der Waals surface area contributed by atoms with Crippen LogP contribution in [0.25, 0.3) is 0 Å². The maximum atomic E-state index is 9.38. The number of aliphatic hydroxyl groups excluding tert-OH is 1. The number of nitrogens with one attached hydrogen (secondary N) is 1. The number of β-amino-alcohol motifs (C(OH)–C–C–N with tert-alkyl or cyclic N) is 1. The van der Waals surface area contributed by atoms with E-state index in [-0.39, 0.29) is 6.10 Å². The lowest BCUT2D eigenvalue weighted by molar-refractivity contribution is 0.0645. The van der Waals surface area contributed by atoms with Crippen molar-refractivity contribution in [2.24, 2.45) is 5.41 Å². The molecule has 4 heteroatoms. The summed E-state index contributed by atoms with van der Waals surface area (Å²) in [5.74, 6) is 0. The third-order valence-corrected chi connectivity index (χ3v) is 4.05. The van der Waals surface area contributed by atoms with Gasteiger partial charge in [-0.15, -0.1) is 0 Å². The van der Waals surface area contributed by atoms with Gasteiger partial charge in [0.2, 0.25) is 0 Å². The molecule has 2 N–H and O–H groups in total. The lowest BCUT2D eigenvalue weighted by atomic mass is 9.89. The van der Waals surface area contributed by atoms with Crippen LogP contribution in [-0.4, -0.2) is 73.4 Å². The van der Waals surface area contributed by atoms with E-state index in [0.29, 0.717) is 5.41 Å². The van der Waals surface area contributed by atoms with Gasteiger partial charge in [0.05, 0.1) is 6.10 Å². The van der Waals surface area contributed by atoms with Crippen molar-refractivity contribution in [1.82, 2.24) is 15.1 Å². The van der Waals surface area contributed by atoms with Crippen molar-refractivity contribution < 1.29 is 5.11 Å². The van der Waals surface area contributed by atoms with Crippen molar-refractivity contribution in [3.05, 3.63) is 0 Å². The van der Waals surface area contributed by atoms with Crippen LogP contribution in [0.4, 0.5) is 0 Å². The molecule has 0 bridgehead atoms. The van der Waals surface area contributed by atoms with Gasteiger partial charge in [-0.1, -0.05) is 6.92 Å². The smallest absolute Gasteiger partial charge is 0.0639 e. The molecule has 2 aliphatic heterocycles. The molecule has 2 fully saturated rings. The summed E-state index contributed by atoms with van der Waals surface area (Å²) in [6, 6.07) is 0. The first-order valence-corrected chi connectivity index (χ1v) is 6.91. The maximum absolute atomic E-state index is 9.38. The Bertz CT molecular complexity index is 231. The van der Waals surface area contributed by atoms with Gasteiger partial charge in [0.1, 0.15) is 0 Å². The average molecular weight is 241 g/mol. The predicted molar refractivity (Wildman–Crippen MR) is 70.2 cm³/mol. The van der Waals surface area contributed by atoms with Gasteiger partial charge in [0, 0.05) is 45.8 Å². The lowest BCUT2D eigenvalue weighted by Crippen LogP contribution is -2.51. The molecule has 0 spiro atoms. The van der Waals surface area contributed by atoms with E-state index < -0.39 is 0 Å². The van der Waals surface area contributed by atoms with E-state index in [9.17, 15) is 5.11 Å². The molecular formula is C13H27N3O. The molecule has 0 amide bonds. The van der Waals surface area contributed by atoms with Crippen molar-refractivity contribution in [2.45, 2.75) is 26.4 Å². The monoisotopic (exact) mass is 241 g/mol. The zero-order chi connectivity index (χ0) is 12.3. The maximum Gasteiger partial charge on any atom is 0.0639 e. The van der Waals surface area contributed by atoms with E-state index in [0.717, 1.165) is 32.7 Å². The summed E-state index contributed by atoms with van der Waals surface area (Å²) in [5.41, 5.74) is 0.479. The number of nitrogens with zero attached hydrogens (tertiary/aromatic N) is 2. The van der Waals surface area contributed by atoms with E-state index in [1.807, 2.05) is 6.92 Å². The molecule has 2 heterocycles. The minimum Gasteiger partial charge on any atom is -0.392 e. The first-order valence-electron chi connectivity index (χ1n) is 6.91. The normalized spacial score (nSPS) is 34.1. The van der Waals surface area contributed by atoms with Crippen LogP contribution in [0.2, 0.25) is 0 Å². The highest BCUT2D eigenvalue weighted by Gasteiger charge is 2.31. The van der Waals surface area contributed by atoms with Crippen LogP contribution in [0, 0.1) is 5.41 Å². The van der Waals surface area contributed by atoms with E-state index >= 15 is 0 Å². The molecule has 2 saturated heterocycles. The molecule has 17 heavy (non-hydrogen) atoms. The molecule has 0 aromatic rings. The summed E-state index contributed by atoms with van der Waals surface area (Å²) in [4.78, 5) is 4.96. The van der Waals surface area contributed by atoms with Crippen LogP contribution < -0.4 is 5.32 Å². The molecule has 2 atom stereocenters. The topological polar surface area (TPSA) is 38.7 Å². The Morgan fingerprint density at radius 1 is 1.24 bits per heavy atom. The third-order valence-electron chi connectivity index (χ3n) is 4.05. The van der Waals surface area contributed by atoms with Crippen LogP contribution >= 0.6 is 0 Å². The van der Waals surface area contributed by atoms with Crippen molar-refractivity contribution in [2.75, 3.05) is 52.4 Å². The molecule has 2 aliphatic rings. The molecule has 4 nitrogen and oxygen atoms in total. The molecule has 100 valence electrons. The van der Waals surface area contributed by atoms with Crippen LogP contribution in [0.1, 0.15) is 20.3 Å². The van der Waals surface area contributed by atoms with E-state index in [1.165, 1.54) is 26.1 Å². The largest absolute Gasteiger partial charge is 0.392 e. The summed E-state index contributed by atoms with van der Waals surface area (Å²) >= 11 is 0. The van der Waals surface area contributed by atoms with Gasteiger partial charge >= 0.3 is 0 Å². The zero-order valence-electron chi connectivity index (χ0n) is 11.3. The Hall–Kier alpha value is -0.160. The highest BCUT2D eigenvalue weighted by molar-refractivity contribution is 4.88. The molecular weight excluding hydrogens is 214 g/mol. The molecule has 0 aliphatic carbocycles. The van der Waals surface area contributed by atoms with E-state index in [2.05, 4.69) is 22.0 Å². The van der Waals surface area contributed by atoms with Gasteiger partial charge in [0.15, 0.2) is 0 Å². The van der Waals surface area contributed by atoms with Crippen LogP contribution in [0.3, 0.4) is 0 Å². The van der Waals surface area contributed by atoms with Gasteiger partial charge in [-0.3, -0.25) is 4.90 Å².